The van der Waals surface area contributed by atoms with Gasteiger partial charge < -0.3 is 10.0 Å². The van der Waals surface area contributed by atoms with Gasteiger partial charge in [0.05, 0.1) is 11.5 Å². The number of sulfonamides is 1. The second-order valence-electron chi connectivity index (χ2n) is 7.01. The summed E-state index contributed by atoms with van der Waals surface area (Å²) in [6, 6.07) is 6.95. The summed E-state index contributed by atoms with van der Waals surface area (Å²) >= 11 is 0. The Morgan fingerprint density at radius 3 is 2.67 bits per heavy atom. The molecule has 3 rings (SSSR count). The molecule has 0 radical (unpaired) electrons. The average Bonchev–Trinajstić information content (AvgIpc) is 2.94. The van der Waals surface area contributed by atoms with Crippen LogP contribution in [0.15, 0.2) is 29.2 Å². The maximum atomic E-state index is 13.0. The van der Waals surface area contributed by atoms with E-state index in [1.165, 1.54) is 11.2 Å². The summed E-state index contributed by atoms with van der Waals surface area (Å²) in [6.45, 7) is 4.90. The van der Waals surface area contributed by atoms with Gasteiger partial charge in [-0.3, -0.25) is 4.79 Å². The smallest absolute Gasteiger partial charge is 0.243 e. The van der Waals surface area contributed by atoms with Crippen LogP contribution in [0.5, 0.6) is 0 Å². The molecule has 0 spiro atoms. The highest BCUT2D eigenvalue weighted by Crippen LogP contribution is 2.43. The Kier molecular flexibility index (Phi) is 4.44. The van der Waals surface area contributed by atoms with Gasteiger partial charge in [0.15, 0.2) is 0 Å². The van der Waals surface area contributed by atoms with Gasteiger partial charge >= 0.3 is 0 Å². The van der Waals surface area contributed by atoms with Gasteiger partial charge in [-0.25, -0.2) is 8.42 Å². The van der Waals surface area contributed by atoms with Gasteiger partial charge in [-0.05, 0) is 30.9 Å². The Hall–Kier alpha value is -1.44. The SMILES string of the molecule is CC(=O)N1C[C@@H]2CCN(S(=O)(=O)c3ccccc3C)C[C@]2(CO)C1. The van der Waals surface area contributed by atoms with E-state index in [2.05, 4.69) is 0 Å². The van der Waals surface area contributed by atoms with E-state index in [-0.39, 0.29) is 25.0 Å². The van der Waals surface area contributed by atoms with Crippen LogP contribution in [0.3, 0.4) is 0 Å². The van der Waals surface area contributed by atoms with Crippen molar-refractivity contribution < 1.29 is 18.3 Å². The number of aliphatic hydroxyl groups excluding tert-OH is 1. The number of amides is 1. The number of fused-ring (bicyclic) bond motifs is 1. The summed E-state index contributed by atoms with van der Waals surface area (Å²) in [5.74, 6) is 0.125. The van der Waals surface area contributed by atoms with Gasteiger partial charge in [-0.15, -0.1) is 0 Å². The summed E-state index contributed by atoms with van der Waals surface area (Å²) < 4.78 is 27.5. The minimum atomic E-state index is -3.60. The highest BCUT2D eigenvalue weighted by molar-refractivity contribution is 7.89. The molecular weight excluding hydrogens is 328 g/mol. The van der Waals surface area contributed by atoms with E-state index in [0.717, 1.165) is 5.56 Å². The fourth-order valence-electron chi connectivity index (χ4n) is 4.00. The first kappa shape index (κ1) is 17.4. The van der Waals surface area contributed by atoms with E-state index >= 15 is 0 Å². The monoisotopic (exact) mass is 352 g/mol. The van der Waals surface area contributed by atoms with Crippen molar-refractivity contribution in [3.05, 3.63) is 29.8 Å². The third-order valence-corrected chi connectivity index (χ3v) is 7.51. The molecule has 24 heavy (non-hydrogen) atoms. The Balaban J connectivity index is 1.90. The lowest BCUT2D eigenvalue weighted by atomic mass is 9.75. The van der Waals surface area contributed by atoms with Gasteiger partial charge in [0.2, 0.25) is 15.9 Å². The Bertz CT molecular complexity index is 749. The predicted octanol–water partition coefficient (Wildman–Crippen LogP) is 0.846. The fraction of sp³-hybridized carbons (Fsp3) is 0.588. The van der Waals surface area contributed by atoms with Crippen molar-refractivity contribution in [2.24, 2.45) is 11.3 Å². The molecule has 2 atom stereocenters. The van der Waals surface area contributed by atoms with E-state index in [0.29, 0.717) is 31.0 Å². The lowest BCUT2D eigenvalue weighted by Crippen LogP contribution is -2.52. The average molecular weight is 352 g/mol. The zero-order valence-corrected chi connectivity index (χ0v) is 14.9. The summed E-state index contributed by atoms with van der Waals surface area (Å²) in [7, 11) is -3.60. The van der Waals surface area contributed by atoms with Gasteiger partial charge in [-0.1, -0.05) is 18.2 Å². The second kappa shape index (κ2) is 6.13. The van der Waals surface area contributed by atoms with Crippen LogP contribution in [0, 0.1) is 18.3 Å². The number of aliphatic hydroxyl groups is 1. The van der Waals surface area contributed by atoms with Gasteiger partial charge in [0.1, 0.15) is 0 Å². The molecule has 0 saturated carbocycles. The van der Waals surface area contributed by atoms with Gasteiger partial charge in [0.25, 0.3) is 0 Å². The molecule has 1 N–H and O–H groups in total. The molecule has 0 aromatic heterocycles. The lowest BCUT2D eigenvalue weighted by molar-refractivity contribution is -0.128. The topological polar surface area (TPSA) is 77.9 Å². The molecule has 0 aliphatic carbocycles. The summed E-state index contributed by atoms with van der Waals surface area (Å²) in [4.78, 5) is 13.7. The molecular formula is C17H24N2O4S. The third-order valence-electron chi connectivity index (χ3n) is 5.50. The van der Waals surface area contributed by atoms with Crippen LogP contribution in [0.25, 0.3) is 0 Å². The quantitative estimate of drug-likeness (QED) is 0.875. The molecule has 2 aliphatic rings. The number of aryl methyl sites for hydroxylation is 1. The van der Waals surface area contributed by atoms with Crippen molar-refractivity contribution in [3.8, 4) is 0 Å². The molecule has 1 aromatic rings. The summed E-state index contributed by atoms with van der Waals surface area (Å²) in [6.07, 6.45) is 0.662. The van der Waals surface area contributed by atoms with E-state index in [1.54, 1.807) is 30.0 Å². The number of piperidine rings is 1. The first-order chi connectivity index (χ1) is 11.3. The van der Waals surface area contributed by atoms with Crippen molar-refractivity contribution in [2.45, 2.75) is 25.2 Å². The van der Waals surface area contributed by atoms with Crippen LogP contribution < -0.4 is 0 Å². The van der Waals surface area contributed by atoms with Crippen LogP contribution in [0.2, 0.25) is 0 Å². The Morgan fingerprint density at radius 2 is 2.04 bits per heavy atom. The zero-order chi connectivity index (χ0) is 17.5. The highest BCUT2D eigenvalue weighted by atomic mass is 32.2. The zero-order valence-electron chi connectivity index (χ0n) is 14.1. The minimum absolute atomic E-state index is 0.0227. The van der Waals surface area contributed by atoms with E-state index in [1.807, 2.05) is 6.07 Å². The molecule has 1 amide bonds. The standard InChI is InChI=1S/C17H24N2O4S/c1-13-5-3-4-6-16(13)24(22,23)19-8-7-15-9-18(14(2)21)10-17(15,11-19)12-20/h3-6,15,20H,7-12H2,1-2H3/t15-,17-/m0/s1. The Morgan fingerprint density at radius 1 is 1.33 bits per heavy atom. The second-order valence-corrected chi connectivity index (χ2v) is 8.92. The number of hydrogen-bond donors (Lipinski definition) is 1. The molecule has 0 bridgehead atoms. The van der Waals surface area contributed by atoms with Gasteiger partial charge in [0, 0.05) is 38.5 Å². The molecule has 1 aromatic carbocycles. The normalized spacial score (nSPS) is 28.0. The largest absolute Gasteiger partial charge is 0.396 e. The number of nitrogens with zero attached hydrogens (tertiary/aromatic N) is 2. The first-order valence-electron chi connectivity index (χ1n) is 8.22. The third kappa shape index (κ3) is 2.74. The van der Waals surface area contributed by atoms with Gasteiger partial charge in [-0.2, -0.15) is 4.31 Å². The summed E-state index contributed by atoms with van der Waals surface area (Å²) in [5.41, 5.74) is 0.161. The maximum absolute atomic E-state index is 13.0. The highest BCUT2D eigenvalue weighted by Gasteiger charge is 2.52. The molecule has 6 nitrogen and oxygen atoms in total. The van der Waals surface area contributed by atoms with Crippen LogP contribution in [0.1, 0.15) is 18.9 Å². The maximum Gasteiger partial charge on any atom is 0.243 e. The number of carbonyl (C=O) groups is 1. The van der Waals surface area contributed by atoms with Crippen molar-refractivity contribution in [1.29, 1.82) is 0 Å². The Labute approximate surface area is 143 Å². The number of benzene rings is 1. The molecule has 7 heteroatoms. The van der Waals surface area contributed by atoms with Crippen molar-refractivity contribution >= 4 is 15.9 Å². The number of likely N-dealkylation sites (tertiary alicyclic amines) is 1. The molecule has 2 fully saturated rings. The van der Waals surface area contributed by atoms with E-state index < -0.39 is 15.4 Å². The predicted molar refractivity (Wildman–Crippen MR) is 89.8 cm³/mol. The number of rotatable bonds is 3. The van der Waals surface area contributed by atoms with Crippen molar-refractivity contribution in [3.63, 3.8) is 0 Å². The van der Waals surface area contributed by atoms with Crippen molar-refractivity contribution in [2.75, 3.05) is 32.8 Å². The summed E-state index contributed by atoms with van der Waals surface area (Å²) in [5, 5.41) is 10.0. The molecule has 2 saturated heterocycles. The first-order valence-corrected chi connectivity index (χ1v) is 9.66. The molecule has 2 aliphatic heterocycles. The van der Waals surface area contributed by atoms with Crippen LogP contribution in [0.4, 0.5) is 0 Å². The minimum Gasteiger partial charge on any atom is -0.396 e. The van der Waals surface area contributed by atoms with E-state index in [4.69, 9.17) is 0 Å². The lowest BCUT2D eigenvalue weighted by Gasteiger charge is -2.42. The van der Waals surface area contributed by atoms with Crippen LogP contribution >= 0.6 is 0 Å². The van der Waals surface area contributed by atoms with E-state index in [9.17, 15) is 18.3 Å². The fourth-order valence-corrected chi connectivity index (χ4v) is 5.78. The molecule has 0 unspecified atom stereocenters. The van der Waals surface area contributed by atoms with Crippen LogP contribution in [-0.2, 0) is 14.8 Å². The molecule has 132 valence electrons. The molecule has 2 heterocycles. The van der Waals surface area contributed by atoms with Crippen LogP contribution in [-0.4, -0.2) is 61.4 Å². The van der Waals surface area contributed by atoms with Crippen molar-refractivity contribution in [1.82, 2.24) is 9.21 Å². The number of carbonyl (C=O) groups excluding carboxylic acids is 1. The number of hydrogen-bond acceptors (Lipinski definition) is 4.